The van der Waals surface area contributed by atoms with Crippen LogP contribution in [0.15, 0.2) is 18.5 Å². The van der Waals surface area contributed by atoms with Gasteiger partial charge in [0.15, 0.2) is 0 Å². The summed E-state index contributed by atoms with van der Waals surface area (Å²) in [7, 11) is 0.580. The molecule has 1 saturated heterocycles. The SMILES string of the molecule is CC1(C)OB(c2cn(SI)c3ncc(C(F)(F)F)cc23)OC1(C)C. The lowest BCUT2D eigenvalue weighted by molar-refractivity contribution is -0.137. The monoisotopic (exact) mass is 470 g/mol. The zero-order valence-corrected chi connectivity index (χ0v) is 16.4. The number of pyridine rings is 1. The van der Waals surface area contributed by atoms with Crippen molar-refractivity contribution in [3.05, 3.63) is 24.0 Å². The molecule has 1 aliphatic heterocycles. The molecule has 0 spiro atoms. The summed E-state index contributed by atoms with van der Waals surface area (Å²) in [5.74, 6) is 0. The van der Waals surface area contributed by atoms with Crippen LogP contribution < -0.4 is 5.46 Å². The molecule has 2 aromatic rings. The first-order chi connectivity index (χ1) is 11.0. The van der Waals surface area contributed by atoms with Gasteiger partial charge in [-0.15, -0.1) is 0 Å². The van der Waals surface area contributed by atoms with Gasteiger partial charge in [0.05, 0.1) is 16.8 Å². The summed E-state index contributed by atoms with van der Waals surface area (Å²) >= 11 is 2.05. The Morgan fingerprint density at radius 1 is 1.21 bits per heavy atom. The summed E-state index contributed by atoms with van der Waals surface area (Å²) in [6, 6.07) is 1.10. The van der Waals surface area contributed by atoms with Crippen molar-refractivity contribution in [1.29, 1.82) is 0 Å². The Hall–Kier alpha value is -0.455. The van der Waals surface area contributed by atoms with Crippen LogP contribution >= 0.6 is 30.3 Å². The van der Waals surface area contributed by atoms with E-state index in [1.807, 2.05) is 27.7 Å². The molecular weight excluding hydrogens is 455 g/mol. The van der Waals surface area contributed by atoms with Gasteiger partial charge in [-0.25, -0.2) is 4.98 Å². The molecular formula is C14H15BF3IN2O2S. The fourth-order valence-electron chi connectivity index (χ4n) is 2.47. The topological polar surface area (TPSA) is 36.3 Å². The lowest BCUT2D eigenvalue weighted by Gasteiger charge is -2.32. The van der Waals surface area contributed by atoms with Crippen molar-refractivity contribution in [2.75, 3.05) is 0 Å². The van der Waals surface area contributed by atoms with Crippen LogP contribution in [0, 0.1) is 0 Å². The molecule has 1 fully saturated rings. The quantitative estimate of drug-likeness (QED) is 0.488. The van der Waals surface area contributed by atoms with Crippen molar-refractivity contribution in [3.63, 3.8) is 0 Å². The van der Waals surface area contributed by atoms with Gasteiger partial charge >= 0.3 is 13.3 Å². The van der Waals surface area contributed by atoms with E-state index >= 15 is 0 Å². The van der Waals surface area contributed by atoms with Gasteiger partial charge in [0, 0.05) is 53.6 Å². The van der Waals surface area contributed by atoms with Gasteiger partial charge in [-0.05, 0) is 33.8 Å². The lowest BCUT2D eigenvalue weighted by Crippen LogP contribution is -2.41. The Labute approximate surface area is 154 Å². The molecule has 0 radical (unpaired) electrons. The molecule has 0 aliphatic carbocycles. The highest BCUT2D eigenvalue weighted by Gasteiger charge is 2.52. The molecule has 24 heavy (non-hydrogen) atoms. The van der Waals surface area contributed by atoms with Crippen LogP contribution in [-0.2, 0) is 15.5 Å². The minimum Gasteiger partial charge on any atom is -0.399 e. The molecule has 0 aromatic carbocycles. The Morgan fingerprint density at radius 3 is 2.29 bits per heavy atom. The van der Waals surface area contributed by atoms with Crippen LogP contribution in [0.1, 0.15) is 33.3 Å². The molecule has 0 unspecified atom stereocenters. The van der Waals surface area contributed by atoms with E-state index in [9.17, 15) is 13.2 Å². The van der Waals surface area contributed by atoms with Crippen LogP contribution in [0.4, 0.5) is 13.2 Å². The van der Waals surface area contributed by atoms with E-state index in [1.165, 1.54) is 9.12 Å². The first kappa shape index (κ1) is 18.3. The van der Waals surface area contributed by atoms with Crippen molar-refractivity contribution in [2.24, 2.45) is 0 Å². The predicted molar refractivity (Wildman–Crippen MR) is 97.5 cm³/mol. The van der Waals surface area contributed by atoms with Gasteiger partial charge in [0.25, 0.3) is 0 Å². The Balaban J connectivity index is 2.14. The minimum absolute atomic E-state index is 0.382. The number of fused-ring (bicyclic) bond motifs is 1. The maximum absolute atomic E-state index is 13.0. The fourth-order valence-corrected chi connectivity index (χ4v) is 3.73. The highest BCUT2D eigenvalue weighted by Crippen LogP contribution is 2.38. The fraction of sp³-hybridized carbons (Fsp3) is 0.500. The maximum Gasteiger partial charge on any atom is 0.497 e. The first-order valence-corrected chi connectivity index (χ1v) is 10.5. The molecule has 1 aliphatic rings. The molecule has 0 bridgehead atoms. The van der Waals surface area contributed by atoms with Crippen LogP contribution in [-0.4, -0.2) is 27.3 Å². The molecule has 4 nitrogen and oxygen atoms in total. The molecule has 2 aromatic heterocycles. The third kappa shape index (κ3) is 2.95. The third-order valence-corrected chi connectivity index (χ3v) is 6.25. The summed E-state index contributed by atoms with van der Waals surface area (Å²) < 4.78 is 52.8. The second kappa shape index (κ2) is 5.78. The number of hydrogen-bond acceptors (Lipinski definition) is 4. The lowest BCUT2D eigenvalue weighted by atomic mass is 9.79. The number of nitrogens with zero attached hydrogens (tertiary/aromatic N) is 2. The molecule has 0 N–H and O–H groups in total. The second-order valence-electron chi connectivity index (χ2n) is 6.66. The Morgan fingerprint density at radius 2 is 1.79 bits per heavy atom. The largest absolute Gasteiger partial charge is 0.497 e. The van der Waals surface area contributed by atoms with Gasteiger partial charge in [-0.1, -0.05) is 0 Å². The zero-order valence-electron chi connectivity index (χ0n) is 13.4. The average molecular weight is 470 g/mol. The number of alkyl halides is 3. The molecule has 0 amide bonds. The van der Waals surface area contributed by atoms with Crippen LogP contribution in [0.3, 0.4) is 0 Å². The highest BCUT2D eigenvalue weighted by atomic mass is 127. The number of hydrogen-bond donors (Lipinski definition) is 0. The molecule has 130 valence electrons. The van der Waals surface area contributed by atoms with Gasteiger partial charge in [0.2, 0.25) is 0 Å². The zero-order chi connectivity index (χ0) is 17.9. The van der Waals surface area contributed by atoms with E-state index < -0.39 is 30.1 Å². The van der Waals surface area contributed by atoms with Crippen molar-refractivity contribution in [3.8, 4) is 0 Å². The third-order valence-electron chi connectivity index (χ3n) is 4.55. The van der Waals surface area contributed by atoms with Gasteiger partial charge in [-0.3, -0.25) is 3.97 Å². The Bertz CT molecular complexity index is 778. The van der Waals surface area contributed by atoms with Crippen LogP contribution in [0.5, 0.6) is 0 Å². The highest BCUT2D eigenvalue weighted by molar-refractivity contribution is 14.2. The normalized spacial score (nSPS) is 20.1. The summed E-state index contributed by atoms with van der Waals surface area (Å²) in [5.41, 5.74) is -0.931. The minimum atomic E-state index is -4.45. The van der Waals surface area contributed by atoms with Crippen molar-refractivity contribution in [1.82, 2.24) is 8.96 Å². The van der Waals surface area contributed by atoms with E-state index in [0.29, 0.717) is 16.5 Å². The summed E-state index contributed by atoms with van der Waals surface area (Å²) in [5, 5.41) is 0.382. The van der Waals surface area contributed by atoms with Crippen LogP contribution in [0.2, 0.25) is 0 Å². The van der Waals surface area contributed by atoms with E-state index in [4.69, 9.17) is 9.31 Å². The summed E-state index contributed by atoms with van der Waals surface area (Å²) in [4.78, 5) is 3.99. The van der Waals surface area contributed by atoms with Crippen molar-refractivity contribution >= 4 is 53.9 Å². The summed E-state index contributed by atoms with van der Waals surface area (Å²) in [6.45, 7) is 7.61. The van der Waals surface area contributed by atoms with Gasteiger partial charge < -0.3 is 9.31 Å². The maximum atomic E-state index is 13.0. The molecule has 10 heteroatoms. The predicted octanol–water partition coefficient (Wildman–Crippen LogP) is 4.20. The van der Waals surface area contributed by atoms with E-state index in [0.717, 1.165) is 12.3 Å². The van der Waals surface area contributed by atoms with Crippen molar-refractivity contribution < 1.29 is 22.5 Å². The van der Waals surface area contributed by atoms with Crippen molar-refractivity contribution in [2.45, 2.75) is 45.1 Å². The van der Waals surface area contributed by atoms with E-state index in [1.54, 1.807) is 10.2 Å². The number of rotatable bonds is 2. The van der Waals surface area contributed by atoms with Crippen LogP contribution in [0.25, 0.3) is 11.0 Å². The smallest absolute Gasteiger partial charge is 0.399 e. The number of halogens is 4. The van der Waals surface area contributed by atoms with E-state index in [2.05, 4.69) is 26.2 Å². The van der Waals surface area contributed by atoms with E-state index in [-0.39, 0.29) is 0 Å². The molecule has 3 heterocycles. The first-order valence-electron chi connectivity index (χ1n) is 7.19. The second-order valence-corrected chi connectivity index (χ2v) is 8.37. The molecule has 0 saturated carbocycles. The Kier molecular flexibility index (Phi) is 4.42. The standard InChI is InChI=1S/C14H15BF3IN2O2S/c1-12(2)13(3,4)23-15(22-12)10-7-21(24-19)11-9(10)5-8(6-20-11)14(16,17)18/h5-7H,1-4H3. The van der Waals surface area contributed by atoms with Gasteiger partial charge in [-0.2, -0.15) is 13.2 Å². The number of aromatic nitrogens is 2. The van der Waals surface area contributed by atoms with Gasteiger partial charge in [0.1, 0.15) is 5.65 Å². The molecule has 3 rings (SSSR count). The molecule has 0 atom stereocenters. The average Bonchev–Trinajstić information content (AvgIpc) is 2.92. The summed E-state index contributed by atoms with van der Waals surface area (Å²) in [6.07, 6.45) is -1.88.